The molecule has 0 aliphatic rings. The van der Waals surface area contributed by atoms with Gasteiger partial charge in [0.25, 0.3) is 0 Å². The highest BCUT2D eigenvalue weighted by molar-refractivity contribution is 8.00. The second kappa shape index (κ2) is 8.96. The summed E-state index contributed by atoms with van der Waals surface area (Å²) in [5.41, 5.74) is 0.965. The van der Waals surface area contributed by atoms with Gasteiger partial charge in [0, 0.05) is 17.5 Å². The molecule has 122 valence electrons. The molecule has 2 aromatic carbocycles. The Kier molecular flexibility index (Phi) is 6.96. The fourth-order valence-electron chi connectivity index (χ4n) is 2.02. The van der Waals surface area contributed by atoms with Gasteiger partial charge in [0.15, 0.2) is 0 Å². The average molecular weight is 349 g/mol. The quantitative estimate of drug-likeness (QED) is 0.746. The third kappa shape index (κ3) is 5.27. The summed E-state index contributed by atoms with van der Waals surface area (Å²) in [7, 11) is 1.88. The Balaban J connectivity index is 2.19. The van der Waals surface area contributed by atoms with E-state index in [4.69, 9.17) is 11.6 Å². The number of benzene rings is 2. The van der Waals surface area contributed by atoms with Crippen molar-refractivity contribution in [3.8, 4) is 0 Å². The molecule has 0 heterocycles. The number of hydrogen-bond acceptors (Lipinski definition) is 3. The second-order valence-electron chi connectivity index (χ2n) is 5.27. The molecule has 2 aromatic rings. The molecular weight excluding hydrogens is 328 g/mol. The Hall–Kier alpha value is -1.49. The van der Waals surface area contributed by atoms with Crippen LogP contribution in [0.4, 0.5) is 0 Å². The predicted molar refractivity (Wildman–Crippen MR) is 98.0 cm³/mol. The summed E-state index contributed by atoms with van der Waals surface area (Å²) in [6.07, 6.45) is 0. The first-order chi connectivity index (χ1) is 11.1. The molecule has 0 aliphatic carbocycles. The van der Waals surface area contributed by atoms with Crippen LogP contribution in [-0.2, 0) is 4.79 Å². The third-order valence-corrected chi connectivity index (χ3v) is 5.27. The summed E-state index contributed by atoms with van der Waals surface area (Å²) in [5.74, 6) is -0.0109. The van der Waals surface area contributed by atoms with Gasteiger partial charge in [-0.15, -0.1) is 11.8 Å². The van der Waals surface area contributed by atoms with Gasteiger partial charge in [0.2, 0.25) is 5.91 Å². The Morgan fingerprint density at radius 1 is 1.13 bits per heavy atom. The first kappa shape index (κ1) is 17.9. The highest BCUT2D eigenvalue weighted by atomic mass is 35.5. The lowest BCUT2D eigenvalue weighted by Crippen LogP contribution is -2.38. The Morgan fingerprint density at radius 3 is 2.43 bits per heavy atom. The van der Waals surface area contributed by atoms with E-state index < -0.39 is 0 Å². The zero-order valence-corrected chi connectivity index (χ0v) is 14.8. The van der Waals surface area contributed by atoms with Crippen LogP contribution in [0.1, 0.15) is 17.7 Å². The largest absolute Gasteiger partial charge is 0.353 e. The van der Waals surface area contributed by atoms with E-state index in [-0.39, 0.29) is 17.2 Å². The van der Waals surface area contributed by atoms with Crippen LogP contribution in [0.3, 0.4) is 0 Å². The molecule has 0 saturated heterocycles. The highest BCUT2D eigenvalue weighted by Crippen LogP contribution is 2.38. The summed E-state index contributed by atoms with van der Waals surface area (Å²) in [5, 5.41) is 6.45. The Labute approximate surface area is 146 Å². The Bertz CT molecular complexity index is 636. The molecule has 3 nitrogen and oxygen atoms in total. The average Bonchev–Trinajstić information content (AvgIpc) is 2.59. The van der Waals surface area contributed by atoms with Gasteiger partial charge in [-0.3, -0.25) is 4.79 Å². The molecule has 2 unspecified atom stereocenters. The first-order valence-electron chi connectivity index (χ1n) is 7.53. The maximum absolute atomic E-state index is 12.7. The minimum absolute atomic E-state index is 0.0109. The summed E-state index contributed by atoms with van der Waals surface area (Å²) in [4.78, 5) is 13.6. The Morgan fingerprint density at radius 2 is 1.78 bits per heavy atom. The number of thioether (sulfide) groups is 1. The van der Waals surface area contributed by atoms with Gasteiger partial charge < -0.3 is 10.6 Å². The number of hydrogen-bond donors (Lipinski definition) is 2. The van der Waals surface area contributed by atoms with Gasteiger partial charge >= 0.3 is 0 Å². The third-order valence-electron chi connectivity index (χ3n) is 3.50. The van der Waals surface area contributed by atoms with Crippen molar-refractivity contribution < 1.29 is 4.79 Å². The molecule has 2 N–H and O–H groups in total. The molecule has 0 saturated carbocycles. The van der Waals surface area contributed by atoms with Gasteiger partial charge in [0.1, 0.15) is 5.25 Å². The predicted octanol–water partition coefficient (Wildman–Crippen LogP) is 3.90. The fraction of sp³-hybridized carbons (Fsp3) is 0.278. The van der Waals surface area contributed by atoms with E-state index in [9.17, 15) is 4.79 Å². The lowest BCUT2D eigenvalue weighted by molar-refractivity contribution is -0.120. The van der Waals surface area contributed by atoms with Gasteiger partial charge in [0.05, 0.1) is 5.02 Å². The number of rotatable bonds is 7. The minimum atomic E-state index is -0.333. The number of likely N-dealkylation sites (N-methyl/N-ethyl adjacent to an activating group) is 1. The SMILES string of the molecule is CNC(C)CNC(=O)C(Sc1ccccc1Cl)c1ccccc1. The summed E-state index contributed by atoms with van der Waals surface area (Å²) >= 11 is 7.72. The van der Waals surface area contributed by atoms with Gasteiger partial charge in [-0.2, -0.15) is 0 Å². The number of carbonyl (C=O) groups is 1. The van der Waals surface area contributed by atoms with E-state index in [0.717, 1.165) is 10.5 Å². The number of halogens is 1. The van der Waals surface area contributed by atoms with E-state index in [0.29, 0.717) is 11.6 Å². The van der Waals surface area contributed by atoms with E-state index in [1.54, 1.807) is 0 Å². The van der Waals surface area contributed by atoms with Crippen molar-refractivity contribution in [1.82, 2.24) is 10.6 Å². The highest BCUT2D eigenvalue weighted by Gasteiger charge is 2.22. The number of amides is 1. The molecule has 0 aliphatic heterocycles. The normalized spacial score (nSPS) is 13.3. The van der Waals surface area contributed by atoms with Crippen molar-refractivity contribution in [1.29, 1.82) is 0 Å². The topological polar surface area (TPSA) is 41.1 Å². The van der Waals surface area contributed by atoms with Gasteiger partial charge in [-0.25, -0.2) is 0 Å². The summed E-state index contributed by atoms with van der Waals surface area (Å²) in [6.45, 7) is 2.61. The maximum Gasteiger partial charge on any atom is 0.238 e. The summed E-state index contributed by atoms with van der Waals surface area (Å²) in [6, 6.07) is 17.6. The smallest absolute Gasteiger partial charge is 0.238 e. The molecule has 23 heavy (non-hydrogen) atoms. The molecule has 0 radical (unpaired) electrons. The van der Waals surface area contributed by atoms with Crippen molar-refractivity contribution in [2.75, 3.05) is 13.6 Å². The molecule has 0 fully saturated rings. The molecular formula is C18H21ClN2OS. The van der Waals surface area contributed by atoms with E-state index >= 15 is 0 Å². The van der Waals surface area contributed by atoms with Gasteiger partial charge in [-0.05, 0) is 31.7 Å². The first-order valence-corrected chi connectivity index (χ1v) is 8.78. The van der Waals surface area contributed by atoms with Crippen molar-refractivity contribution in [2.45, 2.75) is 23.1 Å². The lowest BCUT2D eigenvalue weighted by atomic mass is 10.1. The van der Waals surface area contributed by atoms with Crippen molar-refractivity contribution in [3.05, 3.63) is 65.2 Å². The minimum Gasteiger partial charge on any atom is -0.353 e. The lowest BCUT2D eigenvalue weighted by Gasteiger charge is -2.19. The molecule has 0 spiro atoms. The van der Waals surface area contributed by atoms with E-state index in [1.165, 1.54) is 11.8 Å². The molecule has 0 bridgehead atoms. The standard InChI is InChI=1S/C18H21ClN2OS/c1-13(20-2)12-21-18(22)17(14-8-4-3-5-9-14)23-16-11-7-6-10-15(16)19/h3-11,13,17,20H,12H2,1-2H3,(H,21,22). The number of carbonyl (C=O) groups excluding carboxylic acids is 1. The molecule has 2 atom stereocenters. The van der Waals surface area contributed by atoms with Crippen LogP contribution >= 0.6 is 23.4 Å². The van der Waals surface area contributed by atoms with Crippen molar-refractivity contribution >= 4 is 29.3 Å². The molecule has 0 aromatic heterocycles. The maximum atomic E-state index is 12.7. The van der Waals surface area contributed by atoms with Crippen LogP contribution < -0.4 is 10.6 Å². The number of nitrogens with one attached hydrogen (secondary N) is 2. The van der Waals surface area contributed by atoms with Crippen LogP contribution in [-0.4, -0.2) is 25.5 Å². The van der Waals surface area contributed by atoms with Crippen LogP contribution in [0.15, 0.2) is 59.5 Å². The van der Waals surface area contributed by atoms with Crippen LogP contribution in [0.2, 0.25) is 5.02 Å². The second-order valence-corrected chi connectivity index (χ2v) is 6.83. The zero-order chi connectivity index (χ0) is 16.7. The molecule has 2 rings (SSSR count). The monoisotopic (exact) mass is 348 g/mol. The van der Waals surface area contributed by atoms with Crippen molar-refractivity contribution in [3.63, 3.8) is 0 Å². The van der Waals surface area contributed by atoms with Gasteiger partial charge in [-0.1, -0.05) is 54.1 Å². The van der Waals surface area contributed by atoms with Crippen LogP contribution in [0.25, 0.3) is 0 Å². The summed E-state index contributed by atoms with van der Waals surface area (Å²) < 4.78 is 0. The fourth-order valence-corrected chi connectivity index (χ4v) is 3.36. The molecule has 5 heteroatoms. The zero-order valence-electron chi connectivity index (χ0n) is 13.3. The van der Waals surface area contributed by atoms with Crippen LogP contribution in [0, 0.1) is 0 Å². The van der Waals surface area contributed by atoms with Crippen molar-refractivity contribution in [2.24, 2.45) is 0 Å². The van der Waals surface area contributed by atoms with E-state index in [1.807, 2.05) is 68.6 Å². The molecule has 1 amide bonds. The van der Waals surface area contributed by atoms with Crippen LogP contribution in [0.5, 0.6) is 0 Å². The van der Waals surface area contributed by atoms with E-state index in [2.05, 4.69) is 10.6 Å².